The van der Waals surface area contributed by atoms with Crippen molar-refractivity contribution in [3.8, 4) is 0 Å². The highest BCUT2D eigenvalue weighted by atomic mass is 16.2. The Morgan fingerprint density at radius 2 is 1.74 bits per heavy atom. The normalized spacial score (nSPS) is 29.9. The SMILES string of the molecule is O=C(NC1CC1)C1CC2CCCCC2N1C(=O)c1ccccc1. The Kier molecular flexibility index (Phi) is 3.83. The van der Waals surface area contributed by atoms with Gasteiger partial charge in [0.15, 0.2) is 0 Å². The van der Waals surface area contributed by atoms with Gasteiger partial charge in [-0.3, -0.25) is 9.59 Å². The van der Waals surface area contributed by atoms with Crippen molar-refractivity contribution in [3.63, 3.8) is 0 Å². The van der Waals surface area contributed by atoms with Crippen LogP contribution in [0.25, 0.3) is 0 Å². The average molecular weight is 312 g/mol. The number of amides is 2. The number of nitrogens with zero attached hydrogens (tertiary/aromatic N) is 1. The quantitative estimate of drug-likeness (QED) is 0.933. The van der Waals surface area contributed by atoms with Crippen LogP contribution in [0.2, 0.25) is 0 Å². The van der Waals surface area contributed by atoms with Crippen LogP contribution >= 0.6 is 0 Å². The highest BCUT2D eigenvalue weighted by molar-refractivity contribution is 5.98. The number of hydrogen-bond acceptors (Lipinski definition) is 2. The van der Waals surface area contributed by atoms with Crippen molar-refractivity contribution in [2.24, 2.45) is 5.92 Å². The van der Waals surface area contributed by atoms with E-state index in [9.17, 15) is 9.59 Å². The van der Waals surface area contributed by atoms with Gasteiger partial charge in [0.2, 0.25) is 5.91 Å². The van der Waals surface area contributed by atoms with Crippen LogP contribution in [-0.2, 0) is 4.79 Å². The number of nitrogens with one attached hydrogen (secondary N) is 1. The third-order valence-electron chi connectivity index (χ3n) is 5.57. The second-order valence-corrected chi connectivity index (χ2v) is 7.22. The summed E-state index contributed by atoms with van der Waals surface area (Å²) in [4.78, 5) is 27.7. The molecule has 1 N–H and O–H groups in total. The largest absolute Gasteiger partial charge is 0.352 e. The number of likely N-dealkylation sites (tertiary alicyclic amines) is 1. The van der Waals surface area contributed by atoms with Crippen molar-refractivity contribution in [2.45, 2.75) is 63.1 Å². The van der Waals surface area contributed by atoms with Crippen LogP contribution in [0.15, 0.2) is 30.3 Å². The van der Waals surface area contributed by atoms with Crippen LogP contribution in [0.4, 0.5) is 0 Å². The number of carbonyl (C=O) groups excluding carboxylic acids is 2. The van der Waals surface area contributed by atoms with Gasteiger partial charge < -0.3 is 10.2 Å². The third-order valence-corrected chi connectivity index (χ3v) is 5.57. The fraction of sp³-hybridized carbons (Fsp3) is 0.579. The van der Waals surface area contributed by atoms with Gasteiger partial charge in [-0.2, -0.15) is 0 Å². The minimum absolute atomic E-state index is 0.0240. The van der Waals surface area contributed by atoms with Crippen molar-refractivity contribution < 1.29 is 9.59 Å². The second-order valence-electron chi connectivity index (χ2n) is 7.22. The molecule has 1 saturated heterocycles. The van der Waals surface area contributed by atoms with E-state index in [2.05, 4.69) is 5.32 Å². The van der Waals surface area contributed by atoms with E-state index in [1.165, 1.54) is 6.42 Å². The lowest BCUT2D eigenvalue weighted by atomic mass is 9.84. The van der Waals surface area contributed by atoms with Crippen molar-refractivity contribution in [1.29, 1.82) is 0 Å². The van der Waals surface area contributed by atoms with E-state index in [0.29, 0.717) is 17.5 Å². The summed E-state index contributed by atoms with van der Waals surface area (Å²) in [6, 6.07) is 9.72. The van der Waals surface area contributed by atoms with Crippen LogP contribution in [0.1, 0.15) is 55.3 Å². The topological polar surface area (TPSA) is 49.4 Å². The number of benzene rings is 1. The lowest BCUT2D eigenvalue weighted by Crippen LogP contribution is -2.50. The van der Waals surface area contributed by atoms with Gasteiger partial charge in [-0.15, -0.1) is 0 Å². The summed E-state index contributed by atoms with van der Waals surface area (Å²) in [7, 11) is 0. The maximum Gasteiger partial charge on any atom is 0.254 e. The summed E-state index contributed by atoms with van der Waals surface area (Å²) in [6.07, 6.45) is 7.58. The Balaban J connectivity index is 1.60. The maximum atomic E-state index is 13.1. The minimum atomic E-state index is -0.281. The lowest BCUT2D eigenvalue weighted by Gasteiger charge is -2.33. The molecule has 1 aliphatic heterocycles. The molecule has 2 aliphatic carbocycles. The van der Waals surface area contributed by atoms with Crippen molar-refractivity contribution in [1.82, 2.24) is 10.2 Å². The molecule has 1 aromatic rings. The van der Waals surface area contributed by atoms with Gasteiger partial charge in [-0.1, -0.05) is 31.0 Å². The van der Waals surface area contributed by atoms with Gasteiger partial charge in [0.25, 0.3) is 5.91 Å². The van der Waals surface area contributed by atoms with Crippen molar-refractivity contribution >= 4 is 11.8 Å². The second kappa shape index (κ2) is 5.99. The first-order valence-corrected chi connectivity index (χ1v) is 8.92. The Morgan fingerprint density at radius 3 is 2.48 bits per heavy atom. The first kappa shape index (κ1) is 14.7. The average Bonchev–Trinajstić information content (AvgIpc) is 3.31. The molecule has 4 rings (SSSR count). The molecule has 2 amide bonds. The van der Waals surface area contributed by atoms with E-state index in [1.807, 2.05) is 35.2 Å². The molecule has 3 aliphatic rings. The van der Waals surface area contributed by atoms with Crippen molar-refractivity contribution in [3.05, 3.63) is 35.9 Å². The van der Waals surface area contributed by atoms with Crippen LogP contribution in [0.5, 0.6) is 0 Å². The zero-order valence-electron chi connectivity index (χ0n) is 13.4. The van der Waals surface area contributed by atoms with Gasteiger partial charge in [-0.05, 0) is 50.2 Å². The minimum Gasteiger partial charge on any atom is -0.352 e. The zero-order chi connectivity index (χ0) is 15.8. The van der Waals surface area contributed by atoms with Gasteiger partial charge in [0.05, 0.1) is 0 Å². The van der Waals surface area contributed by atoms with Gasteiger partial charge in [0, 0.05) is 17.6 Å². The smallest absolute Gasteiger partial charge is 0.254 e. The fourth-order valence-corrected chi connectivity index (χ4v) is 4.24. The van der Waals surface area contributed by atoms with E-state index >= 15 is 0 Å². The number of fused-ring (bicyclic) bond motifs is 1. The van der Waals surface area contributed by atoms with E-state index in [0.717, 1.165) is 38.5 Å². The standard InChI is InChI=1S/C19H24N2O2/c22-18(20-15-10-11-15)17-12-14-8-4-5-9-16(14)21(17)19(23)13-6-2-1-3-7-13/h1-3,6-7,14-17H,4-5,8-12H2,(H,20,22). The Hall–Kier alpha value is -1.84. The molecule has 4 heteroatoms. The first-order chi connectivity index (χ1) is 11.2. The van der Waals surface area contributed by atoms with Crippen LogP contribution in [0.3, 0.4) is 0 Å². The molecular weight excluding hydrogens is 288 g/mol. The van der Waals surface area contributed by atoms with Crippen LogP contribution < -0.4 is 5.32 Å². The summed E-state index contributed by atoms with van der Waals surface area (Å²) in [5, 5.41) is 3.11. The third kappa shape index (κ3) is 2.87. The fourth-order valence-electron chi connectivity index (χ4n) is 4.24. The summed E-state index contributed by atoms with van der Waals surface area (Å²) < 4.78 is 0. The lowest BCUT2D eigenvalue weighted by molar-refractivity contribution is -0.125. The summed E-state index contributed by atoms with van der Waals surface area (Å²) in [6.45, 7) is 0. The van der Waals surface area contributed by atoms with Gasteiger partial charge >= 0.3 is 0 Å². The molecule has 0 bridgehead atoms. The van der Waals surface area contributed by atoms with E-state index < -0.39 is 0 Å². The Morgan fingerprint density at radius 1 is 1.00 bits per heavy atom. The van der Waals surface area contributed by atoms with Crippen LogP contribution in [0, 0.1) is 5.92 Å². The van der Waals surface area contributed by atoms with E-state index in [-0.39, 0.29) is 23.9 Å². The molecule has 3 fully saturated rings. The molecule has 0 radical (unpaired) electrons. The number of rotatable bonds is 3. The predicted octanol–water partition coefficient (Wildman–Crippen LogP) is 2.74. The number of carbonyl (C=O) groups is 2. The van der Waals surface area contributed by atoms with Gasteiger partial charge in [-0.25, -0.2) is 0 Å². The molecular formula is C19H24N2O2. The van der Waals surface area contributed by atoms with E-state index in [1.54, 1.807) is 0 Å². The van der Waals surface area contributed by atoms with Gasteiger partial charge in [0.1, 0.15) is 6.04 Å². The van der Waals surface area contributed by atoms with Crippen molar-refractivity contribution in [2.75, 3.05) is 0 Å². The molecule has 0 spiro atoms. The number of hydrogen-bond donors (Lipinski definition) is 1. The zero-order valence-corrected chi connectivity index (χ0v) is 13.4. The van der Waals surface area contributed by atoms with E-state index in [4.69, 9.17) is 0 Å². The van der Waals surface area contributed by atoms with Crippen LogP contribution in [-0.4, -0.2) is 34.8 Å². The Bertz CT molecular complexity index is 597. The highest BCUT2D eigenvalue weighted by Gasteiger charge is 2.48. The summed E-state index contributed by atoms with van der Waals surface area (Å²) >= 11 is 0. The highest BCUT2D eigenvalue weighted by Crippen LogP contribution is 2.40. The first-order valence-electron chi connectivity index (χ1n) is 8.92. The molecule has 1 heterocycles. The Labute approximate surface area is 137 Å². The molecule has 2 saturated carbocycles. The molecule has 0 aromatic heterocycles. The predicted molar refractivity (Wildman–Crippen MR) is 87.9 cm³/mol. The summed E-state index contributed by atoms with van der Waals surface area (Å²) in [5.74, 6) is 0.577. The molecule has 3 unspecified atom stereocenters. The monoisotopic (exact) mass is 312 g/mol. The molecule has 122 valence electrons. The maximum absolute atomic E-state index is 13.1. The molecule has 4 nitrogen and oxygen atoms in total. The molecule has 3 atom stereocenters. The summed E-state index contributed by atoms with van der Waals surface area (Å²) in [5.41, 5.74) is 0.697. The molecule has 1 aromatic carbocycles. The molecule has 23 heavy (non-hydrogen) atoms.